The average molecular weight is 267 g/mol. The van der Waals surface area contributed by atoms with Crippen molar-refractivity contribution in [1.82, 2.24) is 24.3 Å². The Morgan fingerprint density at radius 2 is 1.90 bits per heavy atom. The zero-order valence-electron chi connectivity index (χ0n) is 11.0. The molecule has 20 heavy (non-hydrogen) atoms. The number of hydrogen-bond acceptors (Lipinski definition) is 4. The fourth-order valence-electron chi connectivity index (χ4n) is 1.97. The zero-order valence-corrected chi connectivity index (χ0v) is 11.0. The van der Waals surface area contributed by atoms with Gasteiger partial charge in [-0.1, -0.05) is 6.07 Å². The molecule has 0 saturated carbocycles. The first-order chi connectivity index (χ1) is 9.75. The van der Waals surface area contributed by atoms with Gasteiger partial charge in [0.2, 0.25) is 0 Å². The maximum Gasteiger partial charge on any atom is 0.346 e. The van der Waals surface area contributed by atoms with E-state index >= 15 is 0 Å². The highest BCUT2D eigenvalue weighted by Gasteiger charge is 2.12. The molecule has 0 unspecified atom stereocenters. The van der Waals surface area contributed by atoms with E-state index < -0.39 is 0 Å². The highest BCUT2D eigenvalue weighted by atomic mass is 16.2. The summed E-state index contributed by atoms with van der Waals surface area (Å²) in [6, 6.07) is 9.26. The summed E-state index contributed by atoms with van der Waals surface area (Å²) in [6.07, 6.45) is 5.08. The Hall–Kier alpha value is -2.76. The molecule has 0 spiro atoms. The topological polar surface area (TPSA) is 65.6 Å². The normalized spacial score (nSPS) is 10.7. The second-order valence-corrected chi connectivity index (χ2v) is 4.39. The van der Waals surface area contributed by atoms with Crippen LogP contribution in [0, 0.1) is 0 Å². The monoisotopic (exact) mass is 267 g/mol. The Kier molecular flexibility index (Phi) is 3.12. The third-order valence-electron chi connectivity index (χ3n) is 3.02. The molecule has 0 aliphatic heterocycles. The van der Waals surface area contributed by atoms with Crippen molar-refractivity contribution in [1.29, 1.82) is 0 Å². The maximum atomic E-state index is 12.2. The van der Waals surface area contributed by atoms with E-state index in [1.165, 1.54) is 9.25 Å². The van der Waals surface area contributed by atoms with E-state index in [0.717, 1.165) is 5.56 Å². The van der Waals surface area contributed by atoms with E-state index in [0.29, 0.717) is 18.1 Å². The van der Waals surface area contributed by atoms with Gasteiger partial charge in [-0.3, -0.25) is 14.5 Å². The molecule has 0 fully saturated rings. The molecule has 3 rings (SSSR count). The number of pyridine rings is 2. The third kappa shape index (κ3) is 2.23. The smallest absolute Gasteiger partial charge is 0.277 e. The number of aromatic nitrogens is 5. The van der Waals surface area contributed by atoms with Crippen LogP contribution in [0.1, 0.15) is 5.56 Å². The van der Waals surface area contributed by atoms with E-state index in [4.69, 9.17) is 0 Å². The van der Waals surface area contributed by atoms with Crippen molar-refractivity contribution in [2.24, 2.45) is 7.05 Å². The standard InChI is InChI=1S/C14H13N5O/c1-18-13(12-4-2-3-7-16-12)17-19(14(18)20)10-11-5-8-15-9-6-11/h2-9H,10H2,1H3. The summed E-state index contributed by atoms with van der Waals surface area (Å²) >= 11 is 0. The molecule has 0 bridgehead atoms. The van der Waals surface area contributed by atoms with Gasteiger partial charge in [0.15, 0.2) is 5.82 Å². The lowest BCUT2D eigenvalue weighted by molar-refractivity contribution is 0.646. The fraction of sp³-hybridized carbons (Fsp3) is 0.143. The van der Waals surface area contributed by atoms with Gasteiger partial charge in [-0.05, 0) is 29.8 Å². The van der Waals surface area contributed by atoms with Gasteiger partial charge in [-0.15, -0.1) is 5.10 Å². The van der Waals surface area contributed by atoms with E-state index in [2.05, 4.69) is 15.1 Å². The van der Waals surface area contributed by atoms with Crippen LogP contribution in [0.3, 0.4) is 0 Å². The van der Waals surface area contributed by atoms with Gasteiger partial charge in [0, 0.05) is 25.6 Å². The summed E-state index contributed by atoms with van der Waals surface area (Å²) in [6.45, 7) is 0.419. The molecule has 0 N–H and O–H groups in total. The number of hydrogen-bond donors (Lipinski definition) is 0. The van der Waals surface area contributed by atoms with Gasteiger partial charge in [-0.25, -0.2) is 9.48 Å². The molecular formula is C14H13N5O. The second kappa shape index (κ2) is 5.08. The van der Waals surface area contributed by atoms with Crippen LogP contribution in [0.2, 0.25) is 0 Å². The van der Waals surface area contributed by atoms with E-state index in [1.807, 2.05) is 30.3 Å². The third-order valence-corrected chi connectivity index (χ3v) is 3.02. The number of rotatable bonds is 3. The van der Waals surface area contributed by atoms with Crippen molar-refractivity contribution in [3.8, 4) is 11.5 Å². The van der Waals surface area contributed by atoms with Crippen molar-refractivity contribution in [3.63, 3.8) is 0 Å². The Bertz CT molecular complexity index is 761. The van der Waals surface area contributed by atoms with Crippen LogP contribution in [0.4, 0.5) is 0 Å². The molecule has 0 aliphatic rings. The van der Waals surface area contributed by atoms with E-state index in [-0.39, 0.29) is 5.69 Å². The molecule has 0 aromatic carbocycles. The maximum absolute atomic E-state index is 12.2. The summed E-state index contributed by atoms with van der Waals surface area (Å²) in [5, 5.41) is 4.36. The first kappa shape index (κ1) is 12.3. The molecule has 0 aliphatic carbocycles. The van der Waals surface area contributed by atoms with Crippen LogP contribution in [0.5, 0.6) is 0 Å². The van der Waals surface area contributed by atoms with Crippen LogP contribution in [-0.2, 0) is 13.6 Å². The molecule has 3 heterocycles. The number of nitrogens with zero attached hydrogens (tertiary/aromatic N) is 5. The summed E-state index contributed by atoms with van der Waals surface area (Å²) in [5.41, 5.74) is 1.50. The van der Waals surface area contributed by atoms with Crippen molar-refractivity contribution in [2.45, 2.75) is 6.54 Å². The van der Waals surface area contributed by atoms with Gasteiger partial charge in [-0.2, -0.15) is 0 Å². The van der Waals surface area contributed by atoms with Crippen LogP contribution in [-0.4, -0.2) is 24.3 Å². The van der Waals surface area contributed by atoms with Crippen LogP contribution in [0.15, 0.2) is 53.7 Å². The first-order valence-electron chi connectivity index (χ1n) is 6.20. The van der Waals surface area contributed by atoms with Crippen molar-refractivity contribution in [3.05, 3.63) is 65.0 Å². The van der Waals surface area contributed by atoms with Crippen LogP contribution in [0.25, 0.3) is 11.5 Å². The van der Waals surface area contributed by atoms with Gasteiger partial charge >= 0.3 is 5.69 Å². The average Bonchev–Trinajstić information content (AvgIpc) is 2.78. The molecular weight excluding hydrogens is 254 g/mol. The lowest BCUT2D eigenvalue weighted by Crippen LogP contribution is -2.23. The summed E-state index contributed by atoms with van der Waals surface area (Å²) < 4.78 is 2.93. The summed E-state index contributed by atoms with van der Waals surface area (Å²) in [5.74, 6) is 0.560. The Morgan fingerprint density at radius 1 is 1.10 bits per heavy atom. The van der Waals surface area contributed by atoms with Gasteiger partial charge in [0.05, 0.1) is 6.54 Å². The molecule has 0 saturated heterocycles. The lowest BCUT2D eigenvalue weighted by atomic mass is 10.3. The molecule has 0 amide bonds. The molecule has 0 atom stereocenters. The molecule has 6 nitrogen and oxygen atoms in total. The predicted octanol–water partition coefficient (Wildman–Crippen LogP) is 1.09. The van der Waals surface area contributed by atoms with Crippen molar-refractivity contribution in [2.75, 3.05) is 0 Å². The van der Waals surface area contributed by atoms with Gasteiger partial charge in [0.25, 0.3) is 0 Å². The minimum Gasteiger partial charge on any atom is -0.277 e. The van der Waals surface area contributed by atoms with E-state index in [9.17, 15) is 4.79 Å². The zero-order chi connectivity index (χ0) is 13.9. The quantitative estimate of drug-likeness (QED) is 0.712. The van der Waals surface area contributed by atoms with Crippen LogP contribution < -0.4 is 5.69 Å². The van der Waals surface area contributed by atoms with Crippen LogP contribution >= 0.6 is 0 Å². The highest BCUT2D eigenvalue weighted by Crippen LogP contribution is 2.10. The van der Waals surface area contributed by atoms with Gasteiger partial charge < -0.3 is 0 Å². The predicted molar refractivity (Wildman–Crippen MR) is 74.0 cm³/mol. The summed E-state index contributed by atoms with van der Waals surface area (Å²) in [4.78, 5) is 20.4. The Balaban J connectivity index is 2.01. The molecule has 0 radical (unpaired) electrons. The Labute approximate surface area is 115 Å². The molecule has 100 valence electrons. The highest BCUT2D eigenvalue weighted by molar-refractivity contribution is 5.48. The molecule has 3 aromatic heterocycles. The lowest BCUT2D eigenvalue weighted by Gasteiger charge is -1.98. The molecule has 3 aromatic rings. The largest absolute Gasteiger partial charge is 0.346 e. The van der Waals surface area contributed by atoms with Gasteiger partial charge in [0.1, 0.15) is 5.69 Å². The molecule has 6 heteroatoms. The Morgan fingerprint density at radius 3 is 2.60 bits per heavy atom. The minimum atomic E-state index is -0.164. The second-order valence-electron chi connectivity index (χ2n) is 4.39. The van der Waals surface area contributed by atoms with Crippen molar-refractivity contribution >= 4 is 0 Å². The van der Waals surface area contributed by atoms with Crippen molar-refractivity contribution < 1.29 is 0 Å². The van der Waals surface area contributed by atoms with E-state index in [1.54, 1.807) is 25.6 Å². The fourth-order valence-corrected chi connectivity index (χ4v) is 1.97. The first-order valence-corrected chi connectivity index (χ1v) is 6.20. The summed E-state index contributed by atoms with van der Waals surface area (Å²) in [7, 11) is 1.70. The minimum absolute atomic E-state index is 0.164. The SMILES string of the molecule is Cn1c(-c2ccccn2)nn(Cc2ccncc2)c1=O.